The van der Waals surface area contributed by atoms with Gasteiger partial charge in [0.15, 0.2) is 0 Å². The van der Waals surface area contributed by atoms with Crippen LogP contribution in [0.15, 0.2) is 22.0 Å². The molecule has 0 spiro atoms. The van der Waals surface area contributed by atoms with E-state index in [2.05, 4.69) is 21.2 Å². The number of rotatable bonds is 4. The molecule has 1 atom stereocenters. The molecule has 2 N–H and O–H groups in total. The number of hydrogen-bond acceptors (Lipinski definition) is 3. The first kappa shape index (κ1) is 12.9. The van der Waals surface area contributed by atoms with Gasteiger partial charge in [-0.3, -0.25) is 9.59 Å². The second-order valence-corrected chi connectivity index (χ2v) is 5.54. The Bertz CT molecular complexity index is 427. The maximum Gasteiger partial charge on any atom is 0.325 e. The summed E-state index contributed by atoms with van der Waals surface area (Å²) in [5.74, 6) is -1.47. The number of carboxylic acids is 1. The first-order chi connectivity index (χ1) is 7.49. The fourth-order valence-electron chi connectivity index (χ4n) is 0.899. The summed E-state index contributed by atoms with van der Waals surface area (Å²) >= 11 is 4.79. The van der Waals surface area contributed by atoms with Crippen molar-refractivity contribution >= 4 is 45.2 Å². The van der Waals surface area contributed by atoms with E-state index in [-0.39, 0.29) is 0 Å². The van der Waals surface area contributed by atoms with E-state index >= 15 is 0 Å². The monoisotopic (exact) mass is 303 g/mol. The van der Waals surface area contributed by atoms with Gasteiger partial charge in [-0.2, -0.15) is 0 Å². The van der Waals surface area contributed by atoms with Crippen molar-refractivity contribution < 1.29 is 14.7 Å². The molecule has 6 heteroatoms. The van der Waals surface area contributed by atoms with Gasteiger partial charge in [0.05, 0.1) is 3.79 Å². The number of carboxylic acid groups (broad SMARTS) is 1. The molecule has 16 heavy (non-hydrogen) atoms. The van der Waals surface area contributed by atoms with Crippen LogP contribution in [0.1, 0.15) is 11.8 Å². The third-order valence-electron chi connectivity index (χ3n) is 1.72. The predicted molar refractivity (Wildman–Crippen MR) is 66.3 cm³/mol. The highest BCUT2D eigenvalue weighted by atomic mass is 79.9. The summed E-state index contributed by atoms with van der Waals surface area (Å²) in [6.07, 6.45) is 2.96. The van der Waals surface area contributed by atoms with E-state index in [9.17, 15) is 9.59 Å². The Morgan fingerprint density at radius 3 is 2.75 bits per heavy atom. The fourth-order valence-corrected chi connectivity index (χ4v) is 2.23. The summed E-state index contributed by atoms with van der Waals surface area (Å²) in [4.78, 5) is 22.7. The Labute approximate surface area is 105 Å². The predicted octanol–water partition coefficient (Wildman–Crippen LogP) is 2.11. The van der Waals surface area contributed by atoms with Gasteiger partial charge in [-0.25, -0.2) is 0 Å². The molecule has 1 amide bonds. The molecule has 0 saturated heterocycles. The van der Waals surface area contributed by atoms with E-state index in [1.165, 1.54) is 24.3 Å². The Kier molecular flexibility index (Phi) is 4.70. The number of carbonyl (C=O) groups excluding carboxylic acids is 1. The summed E-state index contributed by atoms with van der Waals surface area (Å²) < 4.78 is 0.978. The molecule has 1 aromatic heterocycles. The average molecular weight is 304 g/mol. The molecule has 0 aliphatic rings. The van der Waals surface area contributed by atoms with Crippen LogP contribution in [0, 0.1) is 0 Å². The first-order valence-corrected chi connectivity index (χ1v) is 6.06. The Balaban J connectivity index is 2.51. The van der Waals surface area contributed by atoms with Crippen LogP contribution in [0.25, 0.3) is 6.08 Å². The van der Waals surface area contributed by atoms with E-state index in [0.717, 1.165) is 8.66 Å². The van der Waals surface area contributed by atoms with Gasteiger partial charge in [0, 0.05) is 11.0 Å². The van der Waals surface area contributed by atoms with Gasteiger partial charge < -0.3 is 10.4 Å². The molecule has 1 rings (SSSR count). The molecule has 86 valence electrons. The van der Waals surface area contributed by atoms with Crippen molar-refractivity contribution in [2.24, 2.45) is 0 Å². The molecule has 0 aliphatic heterocycles. The third kappa shape index (κ3) is 4.16. The molecule has 0 saturated carbocycles. The van der Waals surface area contributed by atoms with Gasteiger partial charge in [-0.1, -0.05) is 0 Å². The summed E-state index contributed by atoms with van der Waals surface area (Å²) in [6.45, 7) is 1.41. The summed E-state index contributed by atoms with van der Waals surface area (Å²) in [7, 11) is 0. The zero-order chi connectivity index (χ0) is 12.1. The lowest BCUT2D eigenvalue weighted by molar-refractivity contribution is -0.140. The highest BCUT2D eigenvalue weighted by Crippen LogP contribution is 2.22. The van der Waals surface area contributed by atoms with Crippen molar-refractivity contribution in [3.63, 3.8) is 0 Å². The summed E-state index contributed by atoms with van der Waals surface area (Å²) in [5, 5.41) is 10.9. The number of aliphatic carboxylic acids is 1. The SMILES string of the molecule is CC(NC(=O)/C=C/c1ccc(Br)s1)C(=O)O. The zero-order valence-corrected chi connectivity index (χ0v) is 10.8. The van der Waals surface area contributed by atoms with Gasteiger partial charge in [0.1, 0.15) is 6.04 Å². The van der Waals surface area contributed by atoms with Crippen molar-refractivity contribution in [3.05, 3.63) is 26.9 Å². The molecule has 0 bridgehead atoms. The number of carbonyl (C=O) groups is 2. The molecular weight excluding hydrogens is 294 g/mol. The van der Waals surface area contributed by atoms with Gasteiger partial charge in [-0.05, 0) is 41.1 Å². The van der Waals surface area contributed by atoms with Gasteiger partial charge in [0.25, 0.3) is 0 Å². The lowest BCUT2D eigenvalue weighted by atomic mass is 10.3. The summed E-state index contributed by atoms with van der Waals surface area (Å²) in [6, 6.07) is 2.86. The lowest BCUT2D eigenvalue weighted by Crippen LogP contribution is -2.37. The Morgan fingerprint density at radius 1 is 1.56 bits per heavy atom. The quantitative estimate of drug-likeness (QED) is 0.837. The maximum atomic E-state index is 11.3. The van der Waals surface area contributed by atoms with Gasteiger partial charge in [0.2, 0.25) is 5.91 Å². The van der Waals surface area contributed by atoms with Crippen molar-refractivity contribution in [3.8, 4) is 0 Å². The largest absolute Gasteiger partial charge is 0.480 e. The molecule has 0 aliphatic carbocycles. The topological polar surface area (TPSA) is 66.4 Å². The van der Waals surface area contributed by atoms with Crippen LogP contribution in [-0.4, -0.2) is 23.0 Å². The standard InChI is InChI=1S/C10H10BrNO3S/c1-6(10(14)15)12-9(13)5-3-7-2-4-8(11)16-7/h2-6H,1H3,(H,12,13)(H,14,15)/b5-3+. The molecule has 1 heterocycles. The van der Waals surface area contributed by atoms with E-state index in [1.807, 2.05) is 12.1 Å². The Morgan fingerprint density at radius 2 is 2.25 bits per heavy atom. The molecular formula is C10H10BrNO3S. The number of amides is 1. The lowest BCUT2D eigenvalue weighted by Gasteiger charge is -2.05. The highest BCUT2D eigenvalue weighted by molar-refractivity contribution is 9.11. The van der Waals surface area contributed by atoms with Gasteiger partial charge >= 0.3 is 5.97 Å². The molecule has 0 radical (unpaired) electrons. The van der Waals surface area contributed by atoms with Crippen molar-refractivity contribution in [2.75, 3.05) is 0 Å². The van der Waals surface area contributed by atoms with Gasteiger partial charge in [-0.15, -0.1) is 11.3 Å². The minimum atomic E-state index is -1.05. The van der Waals surface area contributed by atoms with Crippen molar-refractivity contribution in [1.82, 2.24) is 5.32 Å². The smallest absolute Gasteiger partial charge is 0.325 e. The average Bonchev–Trinajstić information content (AvgIpc) is 2.61. The van der Waals surface area contributed by atoms with E-state index in [4.69, 9.17) is 5.11 Å². The Hall–Kier alpha value is -1.14. The second-order valence-electron chi connectivity index (χ2n) is 3.04. The summed E-state index contributed by atoms with van der Waals surface area (Å²) in [5.41, 5.74) is 0. The van der Waals surface area contributed by atoms with Crippen molar-refractivity contribution in [1.29, 1.82) is 0 Å². The van der Waals surface area contributed by atoms with Crippen LogP contribution in [0.4, 0.5) is 0 Å². The minimum absolute atomic E-state index is 0.417. The van der Waals surface area contributed by atoms with Crippen LogP contribution < -0.4 is 5.32 Å². The molecule has 4 nitrogen and oxygen atoms in total. The fraction of sp³-hybridized carbons (Fsp3) is 0.200. The zero-order valence-electron chi connectivity index (χ0n) is 8.44. The molecule has 1 aromatic rings. The third-order valence-corrected chi connectivity index (χ3v) is 3.31. The number of nitrogens with one attached hydrogen (secondary N) is 1. The number of thiophene rings is 1. The van der Waals surface area contributed by atoms with E-state index in [1.54, 1.807) is 6.08 Å². The van der Waals surface area contributed by atoms with E-state index in [0.29, 0.717) is 0 Å². The number of halogens is 1. The van der Waals surface area contributed by atoms with Crippen LogP contribution in [0.2, 0.25) is 0 Å². The van der Waals surface area contributed by atoms with E-state index < -0.39 is 17.9 Å². The molecule has 1 unspecified atom stereocenters. The molecule has 0 fully saturated rings. The second kappa shape index (κ2) is 5.81. The van der Waals surface area contributed by atoms with Crippen LogP contribution in [0.5, 0.6) is 0 Å². The highest BCUT2D eigenvalue weighted by Gasteiger charge is 2.11. The molecule has 0 aromatic carbocycles. The van der Waals surface area contributed by atoms with Crippen LogP contribution in [-0.2, 0) is 9.59 Å². The number of hydrogen-bond donors (Lipinski definition) is 2. The minimum Gasteiger partial charge on any atom is -0.480 e. The van der Waals surface area contributed by atoms with Crippen LogP contribution in [0.3, 0.4) is 0 Å². The first-order valence-electron chi connectivity index (χ1n) is 4.46. The normalized spacial score (nSPS) is 12.6. The van der Waals surface area contributed by atoms with Crippen LogP contribution >= 0.6 is 27.3 Å². The maximum absolute atomic E-state index is 11.3. The van der Waals surface area contributed by atoms with Crippen molar-refractivity contribution in [2.45, 2.75) is 13.0 Å².